The second-order valence-electron chi connectivity index (χ2n) is 3.45. The number of amides is 1. The molecule has 0 fully saturated rings. The van der Waals surface area contributed by atoms with E-state index in [1.54, 1.807) is 6.07 Å². The van der Waals surface area contributed by atoms with Crippen molar-refractivity contribution in [2.45, 2.75) is 19.2 Å². The first-order valence-electron chi connectivity index (χ1n) is 4.69. The average Bonchev–Trinajstić information content (AvgIpc) is 2.18. The van der Waals surface area contributed by atoms with Crippen LogP contribution in [0.5, 0.6) is 0 Å². The Labute approximate surface area is 103 Å². The van der Waals surface area contributed by atoms with Crippen molar-refractivity contribution in [3.05, 3.63) is 33.8 Å². The van der Waals surface area contributed by atoms with E-state index in [4.69, 9.17) is 11.6 Å². The van der Waals surface area contributed by atoms with Crippen LogP contribution in [0, 0.1) is 6.92 Å². The summed E-state index contributed by atoms with van der Waals surface area (Å²) < 4.78 is 1.00. The molecule has 1 aromatic rings. The summed E-state index contributed by atoms with van der Waals surface area (Å²) in [5.74, 6) is -0.0851. The Hall–Kier alpha value is -0.540. The van der Waals surface area contributed by atoms with E-state index in [1.165, 1.54) is 0 Å². The Morgan fingerprint density at radius 3 is 2.80 bits per heavy atom. The number of halogens is 2. The van der Waals surface area contributed by atoms with Crippen LogP contribution in [0.25, 0.3) is 0 Å². The molecule has 0 spiro atoms. The summed E-state index contributed by atoms with van der Waals surface area (Å²) in [6.07, 6.45) is 0. The van der Waals surface area contributed by atoms with Crippen LogP contribution in [-0.2, 0) is 0 Å². The van der Waals surface area contributed by atoms with E-state index in [9.17, 15) is 4.79 Å². The third-order valence-corrected chi connectivity index (χ3v) is 3.01. The molecule has 0 bridgehead atoms. The molecule has 1 aromatic carbocycles. The standard InChI is InChI=1S/C11H13BrClNO/c1-7-5-9(3-4-10(7)12)11(15)14-6-8(2)13/h3-5,8H,6H2,1-2H3,(H,14,15). The molecule has 0 aromatic heterocycles. The molecule has 0 radical (unpaired) electrons. The third-order valence-electron chi connectivity index (χ3n) is 1.96. The number of aryl methyl sites for hydroxylation is 1. The number of carbonyl (C=O) groups is 1. The van der Waals surface area contributed by atoms with E-state index in [1.807, 2.05) is 26.0 Å². The van der Waals surface area contributed by atoms with Crippen LogP contribution in [0.2, 0.25) is 0 Å². The number of alkyl halides is 1. The molecule has 1 unspecified atom stereocenters. The lowest BCUT2D eigenvalue weighted by Gasteiger charge is -2.07. The predicted molar refractivity (Wildman–Crippen MR) is 66.5 cm³/mol. The van der Waals surface area contributed by atoms with Crippen molar-refractivity contribution < 1.29 is 4.79 Å². The van der Waals surface area contributed by atoms with Crippen molar-refractivity contribution in [3.8, 4) is 0 Å². The zero-order valence-corrected chi connectivity index (χ0v) is 11.0. The zero-order chi connectivity index (χ0) is 11.4. The number of benzene rings is 1. The number of nitrogens with one attached hydrogen (secondary N) is 1. The van der Waals surface area contributed by atoms with Crippen molar-refractivity contribution in [3.63, 3.8) is 0 Å². The minimum atomic E-state index is -0.0851. The Balaban J connectivity index is 2.70. The van der Waals surface area contributed by atoms with Crippen LogP contribution in [0.15, 0.2) is 22.7 Å². The Morgan fingerprint density at radius 2 is 2.27 bits per heavy atom. The molecule has 0 aliphatic rings. The van der Waals surface area contributed by atoms with Crippen LogP contribution in [-0.4, -0.2) is 17.8 Å². The molecule has 2 nitrogen and oxygen atoms in total. The zero-order valence-electron chi connectivity index (χ0n) is 8.68. The summed E-state index contributed by atoms with van der Waals surface area (Å²) in [7, 11) is 0. The summed E-state index contributed by atoms with van der Waals surface area (Å²) in [5, 5.41) is 2.71. The second kappa shape index (κ2) is 5.52. The molecule has 15 heavy (non-hydrogen) atoms. The third kappa shape index (κ3) is 3.84. The normalized spacial score (nSPS) is 12.3. The van der Waals surface area contributed by atoms with E-state index >= 15 is 0 Å². The van der Waals surface area contributed by atoms with Gasteiger partial charge in [-0.05, 0) is 37.6 Å². The van der Waals surface area contributed by atoms with Crippen LogP contribution in [0.1, 0.15) is 22.8 Å². The second-order valence-corrected chi connectivity index (χ2v) is 5.05. The van der Waals surface area contributed by atoms with E-state index in [-0.39, 0.29) is 11.3 Å². The highest BCUT2D eigenvalue weighted by molar-refractivity contribution is 9.10. The van der Waals surface area contributed by atoms with Gasteiger partial charge in [0.05, 0.1) is 0 Å². The van der Waals surface area contributed by atoms with Crippen molar-refractivity contribution in [2.24, 2.45) is 0 Å². The van der Waals surface area contributed by atoms with Gasteiger partial charge in [0.1, 0.15) is 0 Å². The maximum atomic E-state index is 11.6. The van der Waals surface area contributed by atoms with Gasteiger partial charge < -0.3 is 5.32 Å². The highest BCUT2D eigenvalue weighted by Gasteiger charge is 2.07. The maximum absolute atomic E-state index is 11.6. The molecule has 0 heterocycles. The molecule has 0 aliphatic heterocycles. The van der Waals surface area contributed by atoms with Gasteiger partial charge in [-0.2, -0.15) is 0 Å². The Bertz CT molecular complexity index is 366. The monoisotopic (exact) mass is 289 g/mol. The number of carbonyl (C=O) groups excluding carboxylic acids is 1. The fraction of sp³-hybridized carbons (Fsp3) is 0.364. The fourth-order valence-electron chi connectivity index (χ4n) is 1.12. The van der Waals surface area contributed by atoms with Gasteiger partial charge in [-0.3, -0.25) is 4.79 Å². The summed E-state index contributed by atoms with van der Waals surface area (Å²) in [6, 6.07) is 5.50. The van der Waals surface area contributed by atoms with E-state index in [0.29, 0.717) is 12.1 Å². The van der Waals surface area contributed by atoms with E-state index in [0.717, 1.165) is 10.0 Å². The topological polar surface area (TPSA) is 29.1 Å². The van der Waals surface area contributed by atoms with Gasteiger partial charge in [0, 0.05) is 22.0 Å². The average molecular weight is 291 g/mol. The minimum absolute atomic E-state index is 0.0505. The fourth-order valence-corrected chi connectivity index (χ4v) is 1.45. The van der Waals surface area contributed by atoms with Gasteiger partial charge >= 0.3 is 0 Å². The summed E-state index contributed by atoms with van der Waals surface area (Å²) in [5.41, 5.74) is 1.70. The molecule has 1 amide bonds. The maximum Gasteiger partial charge on any atom is 0.251 e. The molecular weight excluding hydrogens is 277 g/mol. The molecule has 82 valence electrons. The molecule has 1 N–H and O–H groups in total. The highest BCUT2D eigenvalue weighted by atomic mass is 79.9. The smallest absolute Gasteiger partial charge is 0.251 e. The van der Waals surface area contributed by atoms with Crippen LogP contribution in [0.4, 0.5) is 0 Å². The van der Waals surface area contributed by atoms with Crippen molar-refractivity contribution in [1.82, 2.24) is 5.32 Å². The van der Waals surface area contributed by atoms with Crippen molar-refractivity contribution >= 4 is 33.4 Å². The van der Waals surface area contributed by atoms with Crippen molar-refractivity contribution in [2.75, 3.05) is 6.54 Å². The van der Waals surface area contributed by atoms with Gasteiger partial charge in [-0.15, -0.1) is 11.6 Å². The summed E-state index contributed by atoms with van der Waals surface area (Å²) in [6.45, 7) is 4.27. The summed E-state index contributed by atoms with van der Waals surface area (Å²) in [4.78, 5) is 11.6. The lowest BCUT2D eigenvalue weighted by Crippen LogP contribution is -2.28. The van der Waals surface area contributed by atoms with Crippen LogP contribution >= 0.6 is 27.5 Å². The quantitative estimate of drug-likeness (QED) is 0.852. The highest BCUT2D eigenvalue weighted by Crippen LogP contribution is 2.16. The number of hydrogen-bond donors (Lipinski definition) is 1. The summed E-state index contributed by atoms with van der Waals surface area (Å²) >= 11 is 9.13. The SMILES string of the molecule is Cc1cc(C(=O)NCC(C)Cl)ccc1Br. The lowest BCUT2D eigenvalue weighted by atomic mass is 10.1. The predicted octanol–water partition coefficient (Wildman–Crippen LogP) is 3.11. The molecule has 1 atom stereocenters. The first-order valence-corrected chi connectivity index (χ1v) is 5.92. The van der Waals surface area contributed by atoms with Gasteiger partial charge in [0.2, 0.25) is 0 Å². The van der Waals surface area contributed by atoms with Gasteiger partial charge in [0.25, 0.3) is 5.91 Å². The number of rotatable bonds is 3. The van der Waals surface area contributed by atoms with Crippen LogP contribution < -0.4 is 5.32 Å². The molecular formula is C11H13BrClNO. The first-order chi connectivity index (χ1) is 7.00. The minimum Gasteiger partial charge on any atom is -0.351 e. The van der Waals surface area contributed by atoms with Crippen molar-refractivity contribution in [1.29, 1.82) is 0 Å². The molecule has 0 aliphatic carbocycles. The molecule has 1 rings (SSSR count). The molecule has 0 saturated heterocycles. The van der Waals surface area contributed by atoms with E-state index in [2.05, 4.69) is 21.2 Å². The Kier molecular flexibility index (Phi) is 4.61. The lowest BCUT2D eigenvalue weighted by molar-refractivity contribution is 0.0954. The van der Waals surface area contributed by atoms with E-state index < -0.39 is 0 Å². The van der Waals surface area contributed by atoms with Gasteiger partial charge in [-0.1, -0.05) is 15.9 Å². The Morgan fingerprint density at radius 1 is 1.60 bits per heavy atom. The van der Waals surface area contributed by atoms with Gasteiger partial charge in [-0.25, -0.2) is 0 Å². The van der Waals surface area contributed by atoms with Crippen LogP contribution in [0.3, 0.4) is 0 Å². The van der Waals surface area contributed by atoms with Gasteiger partial charge in [0.15, 0.2) is 0 Å². The number of hydrogen-bond acceptors (Lipinski definition) is 1. The largest absolute Gasteiger partial charge is 0.351 e. The molecule has 0 saturated carbocycles. The molecule has 4 heteroatoms. The first kappa shape index (κ1) is 12.5.